The van der Waals surface area contributed by atoms with E-state index in [4.69, 9.17) is 5.14 Å². The van der Waals surface area contributed by atoms with Crippen LogP contribution < -0.4 is 5.14 Å². The Balaban J connectivity index is 2.33. The van der Waals surface area contributed by atoms with Crippen LogP contribution in [0.15, 0.2) is 0 Å². The summed E-state index contributed by atoms with van der Waals surface area (Å²) in [6.45, 7) is 4.36. The second-order valence-electron chi connectivity index (χ2n) is 5.07. The van der Waals surface area contributed by atoms with Gasteiger partial charge >= 0.3 is 0 Å². The fourth-order valence-corrected chi connectivity index (χ4v) is 4.77. The highest BCUT2D eigenvalue weighted by Gasteiger charge is 2.56. The summed E-state index contributed by atoms with van der Waals surface area (Å²) < 4.78 is 22.6. The van der Waals surface area contributed by atoms with Crippen LogP contribution >= 0.6 is 0 Å². The number of fused-ring (bicyclic) bond motifs is 2. The normalized spacial score (nSPS) is 42.5. The van der Waals surface area contributed by atoms with Gasteiger partial charge in [-0.25, -0.2) is 13.6 Å². The summed E-state index contributed by atoms with van der Waals surface area (Å²) in [7, 11) is -3.30. The van der Waals surface area contributed by atoms with Crippen molar-refractivity contribution in [3.63, 3.8) is 0 Å². The van der Waals surface area contributed by atoms with Crippen molar-refractivity contribution in [1.29, 1.82) is 0 Å². The summed E-state index contributed by atoms with van der Waals surface area (Å²) in [5.41, 5.74) is 0.192. The molecule has 0 radical (unpaired) electrons. The second kappa shape index (κ2) is 2.48. The van der Waals surface area contributed by atoms with Gasteiger partial charge in [-0.15, -0.1) is 0 Å². The Hall–Kier alpha value is -0.0900. The van der Waals surface area contributed by atoms with E-state index in [9.17, 15) is 8.42 Å². The largest absolute Gasteiger partial charge is 0.228 e. The molecule has 0 aromatic heterocycles. The molecule has 2 fully saturated rings. The molecule has 2 rings (SSSR count). The fourth-order valence-electron chi connectivity index (χ4n) is 3.32. The summed E-state index contributed by atoms with van der Waals surface area (Å²) in [6.07, 6.45) is 3.01. The first-order valence-corrected chi connectivity index (χ1v) is 6.46. The molecule has 4 heteroatoms. The van der Waals surface area contributed by atoms with E-state index in [1.807, 2.05) is 0 Å². The van der Waals surface area contributed by atoms with Crippen LogP contribution in [0.3, 0.4) is 0 Å². The van der Waals surface area contributed by atoms with Crippen LogP contribution in [0, 0.1) is 17.3 Å². The highest BCUT2D eigenvalue weighted by Crippen LogP contribution is 2.58. The van der Waals surface area contributed by atoms with Crippen LogP contribution in [-0.2, 0) is 10.0 Å². The molecule has 3 nitrogen and oxygen atoms in total. The molecule has 2 aliphatic carbocycles. The standard InChI is InChI=1S/C9H17NO2S/c1-9(2)6-3-4-7(9)8(5-6)13(10,11)12/h6-8H,3-5H2,1-2H3,(H2,10,11,12)/t6-,7+,8+/m1/s1. The molecule has 0 unspecified atom stereocenters. The summed E-state index contributed by atoms with van der Waals surface area (Å²) in [4.78, 5) is 0. The van der Waals surface area contributed by atoms with Gasteiger partial charge in [-0.3, -0.25) is 0 Å². The average molecular weight is 203 g/mol. The number of nitrogens with two attached hydrogens (primary N) is 1. The van der Waals surface area contributed by atoms with E-state index in [2.05, 4.69) is 13.8 Å². The average Bonchev–Trinajstić information content (AvgIpc) is 2.39. The fraction of sp³-hybridized carbons (Fsp3) is 1.00. The van der Waals surface area contributed by atoms with Gasteiger partial charge in [0.15, 0.2) is 0 Å². The smallest absolute Gasteiger partial charge is 0.212 e. The molecule has 0 aromatic carbocycles. The van der Waals surface area contributed by atoms with Crippen molar-refractivity contribution in [1.82, 2.24) is 0 Å². The van der Waals surface area contributed by atoms with Crippen molar-refractivity contribution < 1.29 is 8.42 Å². The Morgan fingerprint density at radius 1 is 1.31 bits per heavy atom. The number of rotatable bonds is 1. The first-order chi connectivity index (χ1) is 5.83. The second-order valence-corrected chi connectivity index (χ2v) is 6.85. The highest BCUT2D eigenvalue weighted by molar-refractivity contribution is 7.89. The molecular formula is C9H17NO2S. The summed E-state index contributed by atoms with van der Waals surface area (Å²) in [5, 5.41) is 4.96. The van der Waals surface area contributed by atoms with Crippen molar-refractivity contribution in [2.75, 3.05) is 0 Å². The van der Waals surface area contributed by atoms with Crippen molar-refractivity contribution >= 4 is 10.0 Å². The van der Waals surface area contributed by atoms with Gasteiger partial charge in [-0.2, -0.15) is 0 Å². The predicted molar refractivity (Wildman–Crippen MR) is 51.5 cm³/mol. The molecule has 2 N–H and O–H groups in total. The van der Waals surface area contributed by atoms with Gasteiger partial charge in [0, 0.05) is 0 Å². The van der Waals surface area contributed by atoms with E-state index >= 15 is 0 Å². The minimum absolute atomic E-state index is 0.192. The number of hydrogen-bond acceptors (Lipinski definition) is 2. The van der Waals surface area contributed by atoms with Crippen molar-refractivity contribution in [2.24, 2.45) is 22.4 Å². The van der Waals surface area contributed by atoms with Crippen LogP contribution in [0.25, 0.3) is 0 Å². The molecule has 0 amide bonds. The topological polar surface area (TPSA) is 60.2 Å². The zero-order valence-corrected chi connectivity index (χ0v) is 8.97. The van der Waals surface area contributed by atoms with Crippen LogP contribution in [-0.4, -0.2) is 13.7 Å². The lowest BCUT2D eigenvalue weighted by Gasteiger charge is -2.25. The van der Waals surface area contributed by atoms with E-state index in [1.54, 1.807) is 0 Å². The lowest BCUT2D eigenvalue weighted by atomic mass is 9.82. The first kappa shape index (κ1) is 9.46. The van der Waals surface area contributed by atoms with E-state index in [0.717, 1.165) is 12.8 Å². The molecule has 76 valence electrons. The Labute approximate surface area is 79.7 Å². The third kappa shape index (κ3) is 1.22. The van der Waals surface area contributed by atoms with Crippen molar-refractivity contribution in [3.05, 3.63) is 0 Å². The number of hydrogen-bond donors (Lipinski definition) is 1. The third-order valence-corrected chi connectivity index (χ3v) is 5.59. The molecular weight excluding hydrogens is 186 g/mol. The number of sulfonamides is 1. The number of primary sulfonamides is 1. The zero-order chi connectivity index (χ0) is 9.85. The highest BCUT2D eigenvalue weighted by atomic mass is 32.2. The third-order valence-electron chi connectivity index (χ3n) is 4.22. The lowest BCUT2D eigenvalue weighted by molar-refractivity contribution is 0.260. The molecule has 0 spiro atoms. The maximum Gasteiger partial charge on any atom is 0.212 e. The summed E-state index contributed by atoms with van der Waals surface area (Å²) in [5.74, 6) is 0.869. The molecule has 2 bridgehead atoms. The van der Waals surface area contributed by atoms with E-state index in [1.165, 1.54) is 6.42 Å². The van der Waals surface area contributed by atoms with Crippen LogP contribution in [0.5, 0.6) is 0 Å². The molecule has 0 saturated heterocycles. The molecule has 0 aliphatic heterocycles. The van der Waals surface area contributed by atoms with Crippen molar-refractivity contribution in [2.45, 2.75) is 38.4 Å². The minimum Gasteiger partial charge on any atom is -0.228 e. The van der Waals surface area contributed by atoms with Crippen LogP contribution in [0.4, 0.5) is 0 Å². The van der Waals surface area contributed by atoms with Crippen LogP contribution in [0.2, 0.25) is 0 Å². The van der Waals surface area contributed by atoms with E-state index in [-0.39, 0.29) is 10.7 Å². The van der Waals surface area contributed by atoms with Gasteiger partial charge in [0.25, 0.3) is 0 Å². The Morgan fingerprint density at radius 2 is 1.92 bits per heavy atom. The molecule has 0 aromatic rings. The van der Waals surface area contributed by atoms with Crippen LogP contribution in [0.1, 0.15) is 33.1 Å². The SMILES string of the molecule is CC1(C)[C@@H]2CC[C@H]1[C@@H](S(N)(=O)=O)C2. The molecule has 13 heavy (non-hydrogen) atoms. The van der Waals surface area contributed by atoms with E-state index < -0.39 is 10.0 Å². The minimum atomic E-state index is -3.30. The van der Waals surface area contributed by atoms with Gasteiger partial charge in [-0.05, 0) is 36.5 Å². The first-order valence-electron chi connectivity index (χ1n) is 4.85. The molecule has 2 aliphatic rings. The van der Waals surface area contributed by atoms with Crippen molar-refractivity contribution in [3.8, 4) is 0 Å². The maximum atomic E-state index is 11.3. The van der Waals surface area contributed by atoms with Gasteiger partial charge < -0.3 is 0 Å². The van der Waals surface area contributed by atoms with Gasteiger partial charge in [0.2, 0.25) is 10.0 Å². The van der Waals surface area contributed by atoms with Gasteiger partial charge in [-0.1, -0.05) is 13.8 Å². The van der Waals surface area contributed by atoms with Gasteiger partial charge in [0.1, 0.15) is 0 Å². The predicted octanol–water partition coefficient (Wildman–Crippen LogP) is 1.10. The lowest BCUT2D eigenvalue weighted by Crippen LogP contribution is -2.34. The Bertz CT molecular complexity index is 321. The van der Waals surface area contributed by atoms with Gasteiger partial charge in [0.05, 0.1) is 5.25 Å². The summed E-state index contributed by atoms with van der Waals surface area (Å²) >= 11 is 0. The Kier molecular flexibility index (Phi) is 1.81. The van der Waals surface area contributed by atoms with E-state index in [0.29, 0.717) is 11.8 Å². The summed E-state index contributed by atoms with van der Waals surface area (Å²) in [6, 6.07) is 0. The maximum absolute atomic E-state index is 11.3. The quantitative estimate of drug-likeness (QED) is 0.693. The molecule has 2 saturated carbocycles. The molecule has 0 heterocycles. The monoisotopic (exact) mass is 203 g/mol. The zero-order valence-electron chi connectivity index (χ0n) is 8.16. The molecule has 3 atom stereocenters. The Morgan fingerprint density at radius 3 is 2.15 bits per heavy atom.